The highest BCUT2D eigenvalue weighted by Gasteiger charge is 2.46. The third-order valence-corrected chi connectivity index (χ3v) is 4.21. The van der Waals surface area contributed by atoms with Crippen LogP contribution in [0.4, 0.5) is 4.39 Å². The molecule has 2 aromatic carbocycles. The van der Waals surface area contributed by atoms with Crippen LogP contribution in [-0.4, -0.2) is 39.5 Å². The topological polar surface area (TPSA) is 77.8 Å². The molecule has 1 saturated heterocycles. The average molecular weight is 355 g/mol. The number of hydrogen-bond donors (Lipinski definition) is 2. The van der Waals surface area contributed by atoms with Crippen molar-refractivity contribution in [1.29, 1.82) is 0 Å². The molecular weight excluding hydrogens is 337 g/mol. The standard InChI is InChI=1S/C20H18FNO4/c1-12(23)11-22-17(14-8-5-9-15(21)10-14)16(19(25)20(22)26)18(24)13-6-3-2-4-7-13/h2-10,12,17,23-24H,11H2,1H3/t12-,17-/m1/s1. The van der Waals surface area contributed by atoms with Gasteiger partial charge in [0, 0.05) is 12.1 Å². The van der Waals surface area contributed by atoms with Crippen molar-refractivity contribution in [1.82, 2.24) is 4.90 Å². The molecule has 0 radical (unpaired) electrons. The molecule has 3 rings (SSSR count). The molecule has 0 spiro atoms. The molecule has 134 valence electrons. The van der Waals surface area contributed by atoms with Crippen molar-refractivity contribution in [3.8, 4) is 0 Å². The Morgan fingerprint density at radius 1 is 1.15 bits per heavy atom. The number of Topliss-reactive ketones (excluding diaryl/α,β-unsaturated/α-hetero) is 1. The summed E-state index contributed by atoms with van der Waals surface area (Å²) in [5.41, 5.74) is 0.610. The Hall–Kier alpha value is -2.99. The number of halogens is 1. The first-order valence-corrected chi connectivity index (χ1v) is 8.17. The molecule has 1 heterocycles. The summed E-state index contributed by atoms with van der Waals surface area (Å²) in [6.45, 7) is 1.37. The van der Waals surface area contributed by atoms with Crippen LogP contribution in [-0.2, 0) is 9.59 Å². The van der Waals surface area contributed by atoms with E-state index in [1.165, 1.54) is 25.1 Å². The Morgan fingerprint density at radius 2 is 1.85 bits per heavy atom. The molecule has 6 heteroatoms. The number of carbonyl (C=O) groups is 2. The second-order valence-corrected chi connectivity index (χ2v) is 6.22. The maximum absolute atomic E-state index is 13.7. The second-order valence-electron chi connectivity index (χ2n) is 6.22. The Labute approximate surface area is 150 Å². The van der Waals surface area contributed by atoms with E-state index in [1.54, 1.807) is 36.4 Å². The van der Waals surface area contributed by atoms with Crippen molar-refractivity contribution in [2.24, 2.45) is 0 Å². The van der Waals surface area contributed by atoms with Gasteiger partial charge in [-0.1, -0.05) is 42.5 Å². The molecular formula is C20H18FNO4. The summed E-state index contributed by atoms with van der Waals surface area (Å²) in [4.78, 5) is 26.2. The van der Waals surface area contributed by atoms with Gasteiger partial charge >= 0.3 is 0 Å². The highest BCUT2D eigenvalue weighted by molar-refractivity contribution is 6.46. The van der Waals surface area contributed by atoms with E-state index in [2.05, 4.69) is 0 Å². The van der Waals surface area contributed by atoms with Crippen molar-refractivity contribution in [3.05, 3.63) is 77.1 Å². The van der Waals surface area contributed by atoms with E-state index in [0.29, 0.717) is 11.1 Å². The molecule has 0 bridgehead atoms. The Morgan fingerprint density at radius 3 is 2.46 bits per heavy atom. The lowest BCUT2D eigenvalue weighted by molar-refractivity contribution is -0.140. The van der Waals surface area contributed by atoms with Crippen molar-refractivity contribution in [2.75, 3.05) is 6.54 Å². The van der Waals surface area contributed by atoms with Gasteiger partial charge in [-0.25, -0.2) is 4.39 Å². The maximum Gasteiger partial charge on any atom is 0.295 e. The first-order valence-electron chi connectivity index (χ1n) is 8.17. The fraction of sp³-hybridized carbons (Fsp3) is 0.200. The molecule has 2 atom stereocenters. The van der Waals surface area contributed by atoms with Gasteiger partial charge in [0.25, 0.3) is 11.7 Å². The minimum Gasteiger partial charge on any atom is -0.507 e. The van der Waals surface area contributed by atoms with Gasteiger partial charge < -0.3 is 15.1 Å². The zero-order chi connectivity index (χ0) is 18.8. The SMILES string of the molecule is C[C@@H](O)CN1C(=O)C(=O)C(=C(O)c2ccccc2)[C@H]1c1cccc(F)c1. The summed E-state index contributed by atoms with van der Waals surface area (Å²) >= 11 is 0. The number of nitrogens with zero attached hydrogens (tertiary/aromatic N) is 1. The zero-order valence-electron chi connectivity index (χ0n) is 14.1. The molecule has 1 amide bonds. The second kappa shape index (κ2) is 7.09. The lowest BCUT2D eigenvalue weighted by atomic mass is 9.95. The monoisotopic (exact) mass is 355 g/mol. The molecule has 0 aliphatic carbocycles. The number of benzene rings is 2. The largest absolute Gasteiger partial charge is 0.507 e. The first kappa shape index (κ1) is 17.8. The highest BCUT2D eigenvalue weighted by atomic mass is 19.1. The van der Waals surface area contributed by atoms with Crippen LogP contribution in [0.2, 0.25) is 0 Å². The van der Waals surface area contributed by atoms with E-state index in [9.17, 15) is 24.2 Å². The quantitative estimate of drug-likeness (QED) is 0.502. The molecule has 2 N–H and O–H groups in total. The van der Waals surface area contributed by atoms with Gasteiger partial charge in [0.05, 0.1) is 17.7 Å². The molecule has 0 unspecified atom stereocenters. The van der Waals surface area contributed by atoms with E-state index in [4.69, 9.17) is 0 Å². The van der Waals surface area contributed by atoms with Crippen LogP contribution in [0.1, 0.15) is 24.1 Å². The van der Waals surface area contributed by atoms with E-state index >= 15 is 0 Å². The predicted molar refractivity (Wildman–Crippen MR) is 93.5 cm³/mol. The molecule has 5 nitrogen and oxygen atoms in total. The van der Waals surface area contributed by atoms with E-state index in [-0.39, 0.29) is 17.9 Å². The number of aliphatic hydroxyl groups excluding tert-OH is 2. The average Bonchev–Trinajstić information content (AvgIpc) is 2.86. The lowest BCUT2D eigenvalue weighted by Crippen LogP contribution is -2.35. The Kier molecular flexibility index (Phi) is 4.86. The van der Waals surface area contributed by atoms with Crippen LogP contribution in [0.5, 0.6) is 0 Å². The fourth-order valence-electron chi connectivity index (χ4n) is 3.13. The fourth-order valence-corrected chi connectivity index (χ4v) is 3.13. The summed E-state index contributed by atoms with van der Waals surface area (Å²) in [6.07, 6.45) is -0.888. The van der Waals surface area contributed by atoms with Crippen molar-refractivity contribution < 1.29 is 24.2 Å². The van der Waals surface area contributed by atoms with Gasteiger partial charge in [-0.2, -0.15) is 0 Å². The maximum atomic E-state index is 13.7. The van der Waals surface area contributed by atoms with Gasteiger partial charge in [-0.3, -0.25) is 9.59 Å². The number of carbonyl (C=O) groups excluding carboxylic acids is 2. The van der Waals surface area contributed by atoms with Gasteiger partial charge in [0.1, 0.15) is 11.6 Å². The molecule has 26 heavy (non-hydrogen) atoms. The number of rotatable bonds is 4. The molecule has 0 saturated carbocycles. The number of hydrogen-bond acceptors (Lipinski definition) is 4. The third-order valence-electron chi connectivity index (χ3n) is 4.21. The molecule has 2 aromatic rings. The van der Waals surface area contributed by atoms with Crippen LogP contribution in [0.3, 0.4) is 0 Å². The van der Waals surface area contributed by atoms with Gasteiger partial charge in [-0.05, 0) is 24.6 Å². The minimum atomic E-state index is -0.972. The van der Waals surface area contributed by atoms with Gasteiger partial charge in [0.15, 0.2) is 0 Å². The Bertz CT molecular complexity index is 876. The molecule has 0 aromatic heterocycles. The third kappa shape index (κ3) is 3.23. The number of ketones is 1. The summed E-state index contributed by atoms with van der Waals surface area (Å²) in [6, 6.07) is 12.9. The van der Waals surface area contributed by atoms with Crippen LogP contribution in [0.15, 0.2) is 60.2 Å². The number of aliphatic hydroxyl groups is 2. The highest BCUT2D eigenvalue weighted by Crippen LogP contribution is 2.39. The van der Waals surface area contributed by atoms with Crippen LogP contribution in [0, 0.1) is 5.82 Å². The van der Waals surface area contributed by atoms with Crippen LogP contribution < -0.4 is 0 Å². The van der Waals surface area contributed by atoms with Gasteiger partial charge in [-0.15, -0.1) is 0 Å². The van der Waals surface area contributed by atoms with E-state index < -0.39 is 29.7 Å². The summed E-state index contributed by atoms with van der Waals surface area (Å²) in [5.74, 6) is -2.55. The lowest BCUT2D eigenvalue weighted by Gasteiger charge is -2.26. The summed E-state index contributed by atoms with van der Waals surface area (Å²) in [5, 5.41) is 20.4. The molecule has 1 aliphatic rings. The summed E-state index contributed by atoms with van der Waals surface area (Å²) < 4.78 is 13.7. The smallest absolute Gasteiger partial charge is 0.295 e. The summed E-state index contributed by atoms with van der Waals surface area (Å²) in [7, 11) is 0. The minimum absolute atomic E-state index is 0.114. The van der Waals surface area contributed by atoms with Crippen molar-refractivity contribution >= 4 is 17.4 Å². The predicted octanol–water partition coefficient (Wildman–Crippen LogP) is 2.63. The number of likely N-dealkylation sites (tertiary alicyclic amines) is 1. The zero-order valence-corrected chi connectivity index (χ0v) is 14.1. The van der Waals surface area contributed by atoms with E-state index in [0.717, 1.165) is 4.90 Å². The first-order chi connectivity index (χ1) is 12.4. The normalized spacial score (nSPS) is 20.4. The van der Waals surface area contributed by atoms with Crippen molar-refractivity contribution in [2.45, 2.75) is 19.1 Å². The number of β-amino-alcohol motifs (C(OH)–C–C–N with tert-alkyl or cyclic N) is 1. The Balaban J connectivity index is 2.20. The van der Waals surface area contributed by atoms with Crippen LogP contribution in [0.25, 0.3) is 5.76 Å². The molecule has 1 fully saturated rings. The van der Waals surface area contributed by atoms with Crippen molar-refractivity contribution in [3.63, 3.8) is 0 Å². The number of amides is 1. The molecule has 1 aliphatic heterocycles. The van der Waals surface area contributed by atoms with E-state index in [1.807, 2.05) is 0 Å². The van der Waals surface area contributed by atoms with Crippen LogP contribution >= 0.6 is 0 Å². The van der Waals surface area contributed by atoms with Gasteiger partial charge in [0.2, 0.25) is 0 Å².